The maximum absolute atomic E-state index is 12.7. The van der Waals surface area contributed by atoms with Crippen LogP contribution in [-0.2, 0) is 18.3 Å². The van der Waals surface area contributed by atoms with E-state index in [2.05, 4.69) is 34.7 Å². The highest BCUT2D eigenvalue weighted by molar-refractivity contribution is 5.88. The van der Waals surface area contributed by atoms with Gasteiger partial charge in [-0.3, -0.25) is 9.59 Å². The molecule has 0 radical (unpaired) electrons. The second-order valence-electron chi connectivity index (χ2n) is 7.61. The van der Waals surface area contributed by atoms with Gasteiger partial charge in [0.25, 0.3) is 5.56 Å². The van der Waals surface area contributed by atoms with Crippen molar-refractivity contribution in [1.29, 1.82) is 0 Å². The van der Waals surface area contributed by atoms with E-state index < -0.39 is 0 Å². The molecule has 0 atom stereocenters. The average molecular weight is 412 g/mol. The molecule has 0 saturated heterocycles. The SMILES string of the molecule is Cn1nc(CC(=O)NCCC(c2ccccc2)c2ccccc2)c2ccccc2c1=O. The quantitative estimate of drug-likeness (QED) is 0.503. The molecule has 1 N–H and O–H groups in total. The van der Waals surface area contributed by atoms with Crippen molar-refractivity contribution in [3.8, 4) is 0 Å². The minimum absolute atomic E-state index is 0.101. The van der Waals surface area contributed by atoms with Crippen molar-refractivity contribution in [2.75, 3.05) is 6.54 Å². The molecule has 0 spiro atoms. The summed E-state index contributed by atoms with van der Waals surface area (Å²) in [5, 5.41) is 8.66. The number of fused-ring (bicyclic) bond motifs is 1. The Labute approximate surface area is 181 Å². The number of aryl methyl sites for hydroxylation is 1. The monoisotopic (exact) mass is 411 g/mol. The highest BCUT2D eigenvalue weighted by Crippen LogP contribution is 2.27. The fourth-order valence-electron chi connectivity index (χ4n) is 3.97. The van der Waals surface area contributed by atoms with Gasteiger partial charge in [-0.15, -0.1) is 0 Å². The van der Waals surface area contributed by atoms with Crippen LogP contribution in [0.25, 0.3) is 10.8 Å². The van der Waals surface area contributed by atoms with Gasteiger partial charge in [-0.2, -0.15) is 5.10 Å². The maximum Gasteiger partial charge on any atom is 0.274 e. The standard InChI is InChI=1S/C26H25N3O2/c1-29-26(31)23-15-9-8-14-22(23)24(28-29)18-25(30)27-17-16-21(19-10-4-2-5-11-19)20-12-6-3-7-13-20/h2-15,21H,16-18H2,1H3,(H,27,30). The van der Waals surface area contributed by atoms with Gasteiger partial charge in [-0.25, -0.2) is 4.68 Å². The zero-order chi connectivity index (χ0) is 21.6. The van der Waals surface area contributed by atoms with Crippen LogP contribution in [-0.4, -0.2) is 22.2 Å². The molecule has 0 unspecified atom stereocenters. The largest absolute Gasteiger partial charge is 0.356 e. The molecule has 1 amide bonds. The van der Waals surface area contributed by atoms with Gasteiger partial charge in [-0.05, 0) is 23.6 Å². The summed E-state index contributed by atoms with van der Waals surface area (Å²) in [5.74, 6) is 0.107. The summed E-state index contributed by atoms with van der Waals surface area (Å²) in [5.41, 5.74) is 2.91. The highest BCUT2D eigenvalue weighted by Gasteiger charge is 2.15. The summed E-state index contributed by atoms with van der Waals surface area (Å²) in [6.07, 6.45) is 0.928. The maximum atomic E-state index is 12.7. The Bertz CT molecular complexity index is 1190. The number of hydrogen-bond donors (Lipinski definition) is 1. The van der Waals surface area contributed by atoms with Crippen molar-refractivity contribution in [3.05, 3.63) is 112 Å². The van der Waals surface area contributed by atoms with E-state index in [4.69, 9.17) is 0 Å². The third-order valence-corrected chi connectivity index (χ3v) is 5.52. The Kier molecular flexibility index (Phi) is 6.22. The van der Waals surface area contributed by atoms with Crippen LogP contribution in [0.2, 0.25) is 0 Å². The topological polar surface area (TPSA) is 64.0 Å². The Hall–Kier alpha value is -3.73. The van der Waals surface area contributed by atoms with E-state index in [0.717, 1.165) is 11.8 Å². The van der Waals surface area contributed by atoms with Crippen molar-refractivity contribution in [2.24, 2.45) is 7.05 Å². The molecule has 1 aromatic heterocycles. The first-order valence-corrected chi connectivity index (χ1v) is 10.4. The molecule has 0 saturated carbocycles. The second-order valence-corrected chi connectivity index (χ2v) is 7.61. The molecule has 5 heteroatoms. The number of nitrogens with zero attached hydrogens (tertiary/aromatic N) is 2. The van der Waals surface area contributed by atoms with Crippen molar-refractivity contribution in [1.82, 2.24) is 15.1 Å². The predicted molar refractivity (Wildman–Crippen MR) is 123 cm³/mol. The summed E-state index contributed by atoms with van der Waals surface area (Å²) < 4.78 is 1.30. The first-order chi connectivity index (χ1) is 15.1. The van der Waals surface area contributed by atoms with Crippen LogP contribution in [0.3, 0.4) is 0 Å². The highest BCUT2D eigenvalue weighted by atomic mass is 16.1. The van der Waals surface area contributed by atoms with E-state index >= 15 is 0 Å². The molecule has 0 aliphatic heterocycles. The van der Waals surface area contributed by atoms with E-state index in [0.29, 0.717) is 17.6 Å². The lowest BCUT2D eigenvalue weighted by atomic mass is 9.88. The van der Waals surface area contributed by atoms with Gasteiger partial charge < -0.3 is 5.32 Å². The second kappa shape index (κ2) is 9.39. The van der Waals surface area contributed by atoms with Crippen molar-refractivity contribution < 1.29 is 4.79 Å². The molecule has 0 aliphatic rings. The van der Waals surface area contributed by atoms with E-state index in [1.165, 1.54) is 15.8 Å². The fourth-order valence-corrected chi connectivity index (χ4v) is 3.97. The van der Waals surface area contributed by atoms with Gasteiger partial charge in [0, 0.05) is 24.9 Å². The molecule has 156 valence electrons. The Morgan fingerprint density at radius 2 is 1.42 bits per heavy atom. The van der Waals surface area contributed by atoms with Gasteiger partial charge in [0.2, 0.25) is 5.91 Å². The number of rotatable bonds is 7. The van der Waals surface area contributed by atoms with E-state index in [1.807, 2.05) is 54.6 Å². The van der Waals surface area contributed by atoms with Gasteiger partial charge >= 0.3 is 0 Å². The number of amides is 1. The third kappa shape index (κ3) is 4.72. The van der Waals surface area contributed by atoms with Crippen molar-refractivity contribution in [3.63, 3.8) is 0 Å². The van der Waals surface area contributed by atoms with Crippen LogP contribution in [0.4, 0.5) is 0 Å². The van der Waals surface area contributed by atoms with Crippen LogP contribution in [0.1, 0.15) is 29.2 Å². The number of hydrogen-bond acceptors (Lipinski definition) is 3. The van der Waals surface area contributed by atoms with Crippen LogP contribution in [0.5, 0.6) is 0 Å². The molecule has 4 rings (SSSR count). The minimum Gasteiger partial charge on any atom is -0.356 e. The van der Waals surface area contributed by atoms with Gasteiger partial charge in [0.1, 0.15) is 0 Å². The Morgan fingerprint density at radius 1 is 0.871 bits per heavy atom. The molecule has 31 heavy (non-hydrogen) atoms. The lowest BCUT2D eigenvalue weighted by Gasteiger charge is -2.18. The number of carbonyl (C=O) groups excluding carboxylic acids is 1. The van der Waals surface area contributed by atoms with Gasteiger partial charge in [0.05, 0.1) is 17.5 Å². The molecule has 0 aliphatic carbocycles. The van der Waals surface area contributed by atoms with Crippen molar-refractivity contribution in [2.45, 2.75) is 18.8 Å². The number of aromatic nitrogens is 2. The minimum atomic E-state index is -0.159. The molecule has 1 heterocycles. The van der Waals surface area contributed by atoms with E-state index in [-0.39, 0.29) is 23.8 Å². The third-order valence-electron chi connectivity index (χ3n) is 5.52. The number of carbonyl (C=O) groups is 1. The summed E-state index contributed by atoms with van der Waals surface area (Å²) in [4.78, 5) is 25.0. The fraction of sp³-hybridized carbons (Fsp3) is 0.192. The summed E-state index contributed by atoms with van der Waals surface area (Å²) >= 11 is 0. The van der Waals surface area contributed by atoms with Crippen LogP contribution < -0.4 is 10.9 Å². The van der Waals surface area contributed by atoms with Crippen LogP contribution >= 0.6 is 0 Å². The molecule has 4 aromatic rings. The lowest BCUT2D eigenvalue weighted by molar-refractivity contribution is -0.120. The molecule has 0 bridgehead atoms. The summed E-state index contributed by atoms with van der Waals surface area (Å²) in [6, 6.07) is 28.0. The predicted octanol–water partition coefficient (Wildman–Crippen LogP) is 3.81. The summed E-state index contributed by atoms with van der Waals surface area (Å²) in [7, 11) is 1.61. The van der Waals surface area contributed by atoms with E-state index in [9.17, 15) is 9.59 Å². The Balaban J connectivity index is 1.46. The smallest absolute Gasteiger partial charge is 0.274 e. The average Bonchev–Trinajstić information content (AvgIpc) is 2.81. The molecule has 3 aromatic carbocycles. The zero-order valence-electron chi connectivity index (χ0n) is 17.5. The molecule has 5 nitrogen and oxygen atoms in total. The Morgan fingerprint density at radius 3 is 2.03 bits per heavy atom. The number of nitrogens with one attached hydrogen (secondary N) is 1. The van der Waals surface area contributed by atoms with Crippen LogP contribution in [0, 0.1) is 0 Å². The van der Waals surface area contributed by atoms with Crippen molar-refractivity contribution >= 4 is 16.7 Å². The normalized spacial score (nSPS) is 11.0. The lowest BCUT2D eigenvalue weighted by Crippen LogP contribution is -2.29. The molecular formula is C26H25N3O2. The van der Waals surface area contributed by atoms with E-state index in [1.54, 1.807) is 13.1 Å². The van der Waals surface area contributed by atoms with Crippen LogP contribution in [0.15, 0.2) is 89.7 Å². The summed E-state index contributed by atoms with van der Waals surface area (Å²) in [6.45, 7) is 0.553. The molecule has 0 fully saturated rings. The van der Waals surface area contributed by atoms with Gasteiger partial charge in [0.15, 0.2) is 0 Å². The first kappa shape index (κ1) is 20.5. The number of benzene rings is 3. The van der Waals surface area contributed by atoms with Gasteiger partial charge in [-0.1, -0.05) is 78.9 Å². The zero-order valence-corrected chi connectivity index (χ0v) is 17.5. The molecular weight excluding hydrogens is 386 g/mol. The first-order valence-electron chi connectivity index (χ1n) is 10.4.